The molecule has 0 bridgehead atoms. The lowest BCUT2D eigenvalue weighted by Crippen LogP contribution is -2.20. The number of hydrogen-bond acceptors (Lipinski definition) is 11. The summed E-state index contributed by atoms with van der Waals surface area (Å²) in [5, 5.41) is 32.6. The van der Waals surface area contributed by atoms with E-state index in [1.54, 1.807) is 7.11 Å². The van der Waals surface area contributed by atoms with Gasteiger partial charge in [-0.1, -0.05) is 24.5 Å². The minimum absolute atomic E-state index is 0.0222. The molecule has 49 heavy (non-hydrogen) atoms. The molecule has 0 aromatic heterocycles. The lowest BCUT2D eigenvalue weighted by molar-refractivity contribution is -0.117. The summed E-state index contributed by atoms with van der Waals surface area (Å²) in [4.78, 5) is 43.4. The maximum atomic E-state index is 15.1. The predicted molar refractivity (Wildman–Crippen MR) is 198 cm³/mol. The second-order valence-electron chi connectivity index (χ2n) is 12.9. The molecular formula is C38H40N2O8S. The van der Waals surface area contributed by atoms with Gasteiger partial charge in [0.25, 0.3) is 0 Å². The van der Waals surface area contributed by atoms with Crippen LogP contribution in [0.2, 0.25) is 0 Å². The van der Waals surface area contributed by atoms with E-state index in [0.717, 1.165) is 25.7 Å². The molecule has 2 aliphatic rings. The Balaban J connectivity index is 1.93. The number of aliphatic hydroxyl groups is 1. The van der Waals surface area contributed by atoms with Gasteiger partial charge in [-0.3, -0.25) is 14.4 Å². The first-order valence-corrected chi connectivity index (χ1v) is 17.7. The first-order chi connectivity index (χ1) is 23.6. The van der Waals surface area contributed by atoms with Gasteiger partial charge in [-0.2, -0.15) is 0 Å². The van der Waals surface area contributed by atoms with Crippen LogP contribution < -0.4 is 35.7 Å². The number of phenols is 1. The number of phenolic OH excluding ortho intramolecular Hbond substituents is 1. The largest absolute Gasteiger partial charge is 0.504 e. The van der Waals surface area contributed by atoms with Gasteiger partial charge in [-0.25, -0.2) is 0 Å². The number of carbonyl (C=O) groups excluding carboxylic acids is 1. The van der Waals surface area contributed by atoms with Gasteiger partial charge < -0.3 is 35.1 Å². The van der Waals surface area contributed by atoms with Crippen LogP contribution in [-0.4, -0.2) is 62.3 Å². The van der Waals surface area contributed by atoms with Crippen LogP contribution in [0.15, 0.2) is 26.1 Å². The Kier molecular flexibility index (Phi) is 8.39. The summed E-state index contributed by atoms with van der Waals surface area (Å²) in [7, 11) is 4.45. The summed E-state index contributed by atoms with van der Waals surface area (Å²) in [6, 6.07) is 1.46. The van der Waals surface area contributed by atoms with Crippen molar-refractivity contribution in [2.75, 3.05) is 50.9 Å². The Bertz CT molecular complexity index is 2330. The predicted octanol–water partition coefficient (Wildman–Crippen LogP) is 6.59. The molecule has 10 nitrogen and oxygen atoms in total. The molecule has 1 atom stereocenters. The van der Waals surface area contributed by atoms with Crippen LogP contribution >= 0.6 is 11.8 Å². The molecule has 0 spiro atoms. The molecule has 5 aromatic rings. The number of thioether (sulfide) groups is 1. The van der Waals surface area contributed by atoms with Gasteiger partial charge in [0.2, 0.25) is 5.43 Å². The van der Waals surface area contributed by atoms with Crippen LogP contribution in [0.25, 0.3) is 49.2 Å². The van der Waals surface area contributed by atoms with Crippen molar-refractivity contribution in [1.29, 1.82) is 0 Å². The molecule has 256 valence electrons. The topological polar surface area (TPSA) is 143 Å². The number of Topliss-reactive ketones (excluding diaryl/α,β-unsaturated/α-hetero) is 1. The third-order valence-corrected chi connectivity index (χ3v) is 11.2. The number of ketones is 1. The summed E-state index contributed by atoms with van der Waals surface area (Å²) >= 11 is 1.39. The fourth-order valence-corrected chi connectivity index (χ4v) is 9.32. The summed E-state index contributed by atoms with van der Waals surface area (Å²) in [6.45, 7) is 5.60. The molecule has 1 saturated carbocycles. The number of ether oxygens (including phenoxy) is 3. The third-order valence-electron chi connectivity index (χ3n) is 10.2. The summed E-state index contributed by atoms with van der Waals surface area (Å²) in [5.41, 5.74) is 1.97. The number of nitrogens with one attached hydrogen (secondary N) is 2. The fraction of sp³-hybridized carbons (Fsp3) is 0.395. The third kappa shape index (κ3) is 4.61. The van der Waals surface area contributed by atoms with Crippen molar-refractivity contribution in [1.82, 2.24) is 0 Å². The maximum Gasteiger partial charge on any atom is 0.212 e. The number of rotatable bonds is 11. The Morgan fingerprint density at radius 1 is 0.918 bits per heavy atom. The number of allylic oxidation sites excluding steroid dienone is 1. The first-order valence-electron chi connectivity index (χ1n) is 16.7. The number of hydrogen-bond donors (Lipinski definition) is 4. The lowest BCUT2D eigenvalue weighted by atomic mass is 9.80. The van der Waals surface area contributed by atoms with E-state index in [1.807, 2.05) is 19.9 Å². The van der Waals surface area contributed by atoms with E-state index in [1.165, 1.54) is 39.0 Å². The van der Waals surface area contributed by atoms with Gasteiger partial charge in [-0.15, -0.1) is 11.8 Å². The number of methoxy groups -OCH3 is 3. The summed E-state index contributed by atoms with van der Waals surface area (Å²) < 4.78 is 18.1. The molecule has 0 amide bonds. The molecule has 11 heteroatoms. The number of aliphatic hydroxyl groups excluding tert-OH is 1. The molecule has 5 aromatic carbocycles. The van der Waals surface area contributed by atoms with Crippen LogP contribution in [0.4, 0.5) is 11.4 Å². The molecule has 4 N–H and O–H groups in total. The molecule has 2 aliphatic carbocycles. The average molecular weight is 685 g/mol. The normalized spacial score (nSPS) is 16.2. The van der Waals surface area contributed by atoms with Gasteiger partial charge in [0.05, 0.1) is 60.9 Å². The van der Waals surface area contributed by atoms with Gasteiger partial charge in [0, 0.05) is 62.5 Å². The quantitative estimate of drug-likeness (QED) is 0.0680. The van der Waals surface area contributed by atoms with E-state index in [9.17, 15) is 19.8 Å². The number of benzene rings is 5. The van der Waals surface area contributed by atoms with Crippen LogP contribution in [0.1, 0.15) is 63.5 Å². The van der Waals surface area contributed by atoms with Crippen molar-refractivity contribution in [2.45, 2.75) is 63.3 Å². The molecule has 0 heterocycles. The Morgan fingerprint density at radius 3 is 2.22 bits per heavy atom. The molecule has 1 unspecified atom stereocenters. The second-order valence-corrected chi connectivity index (χ2v) is 14.0. The van der Waals surface area contributed by atoms with Crippen molar-refractivity contribution in [3.8, 4) is 23.0 Å². The van der Waals surface area contributed by atoms with Crippen molar-refractivity contribution in [3.63, 3.8) is 0 Å². The zero-order chi connectivity index (χ0) is 34.9. The van der Waals surface area contributed by atoms with Crippen molar-refractivity contribution in [3.05, 3.63) is 43.2 Å². The monoisotopic (exact) mass is 684 g/mol. The number of carbonyl (C=O) groups is 1. The van der Waals surface area contributed by atoms with E-state index < -0.39 is 11.3 Å². The SMILES string of the molecule is CCNc1c2c3c4c(c(OC)c(O)c5c(=O)cc(OC)c(c6c(OC)c(SCCO)c(NC7CCCC7)c(c1=O)c36)c54)C(C(C)=O)C(C)=C2. The Labute approximate surface area is 287 Å². The highest BCUT2D eigenvalue weighted by Crippen LogP contribution is 2.59. The minimum atomic E-state index is -0.847. The molecular weight excluding hydrogens is 644 g/mol. The molecule has 0 saturated heterocycles. The summed E-state index contributed by atoms with van der Waals surface area (Å²) in [6.07, 6.45) is 5.90. The van der Waals surface area contributed by atoms with E-state index in [2.05, 4.69) is 10.6 Å². The maximum absolute atomic E-state index is 15.1. The Hall–Kier alpha value is -4.48. The van der Waals surface area contributed by atoms with Gasteiger partial charge in [0.1, 0.15) is 17.3 Å². The van der Waals surface area contributed by atoms with Gasteiger partial charge >= 0.3 is 0 Å². The highest BCUT2D eigenvalue weighted by molar-refractivity contribution is 7.99. The lowest BCUT2D eigenvalue weighted by Gasteiger charge is -2.28. The minimum Gasteiger partial charge on any atom is -0.504 e. The van der Waals surface area contributed by atoms with Crippen LogP contribution in [0, 0.1) is 0 Å². The average Bonchev–Trinajstić information content (AvgIpc) is 3.54. The zero-order valence-electron chi connectivity index (χ0n) is 28.5. The van der Waals surface area contributed by atoms with Gasteiger partial charge in [-0.05, 0) is 39.0 Å². The van der Waals surface area contributed by atoms with Gasteiger partial charge in [0.15, 0.2) is 16.9 Å². The van der Waals surface area contributed by atoms with Crippen LogP contribution in [0.5, 0.6) is 23.0 Å². The first kappa shape index (κ1) is 33.0. The summed E-state index contributed by atoms with van der Waals surface area (Å²) in [5.74, 6) is -0.329. The van der Waals surface area contributed by atoms with E-state index >= 15 is 4.79 Å². The number of anilines is 2. The van der Waals surface area contributed by atoms with Crippen molar-refractivity contribution in [2.24, 2.45) is 0 Å². The number of aromatic hydroxyl groups is 1. The molecule has 1 fully saturated rings. The van der Waals surface area contributed by atoms with Crippen molar-refractivity contribution >= 4 is 78.1 Å². The van der Waals surface area contributed by atoms with E-state index in [4.69, 9.17) is 14.2 Å². The smallest absolute Gasteiger partial charge is 0.212 e. The highest BCUT2D eigenvalue weighted by atomic mass is 32.2. The van der Waals surface area contributed by atoms with E-state index in [0.29, 0.717) is 88.7 Å². The molecule has 7 rings (SSSR count). The van der Waals surface area contributed by atoms with E-state index in [-0.39, 0.29) is 46.5 Å². The van der Waals surface area contributed by atoms with Crippen LogP contribution in [-0.2, 0) is 4.79 Å². The standard InChI is InChI=1S/C38H40N2O8S/c1-7-39-32-19-14-16(2)22(17(3)42)29-26-23(19)27-30(25-21(46-4)15-20(43)24(28(25)26)35(45)36(29)47-5)37(48-6)38(49-13-12-41)33(31(27)34(32)44)40-18-10-8-9-11-18/h14-15,18,22,39-41,45H,7-13H2,1-6H3. The van der Waals surface area contributed by atoms with Crippen LogP contribution in [0.3, 0.4) is 0 Å². The Morgan fingerprint density at radius 2 is 1.61 bits per heavy atom. The zero-order valence-corrected chi connectivity index (χ0v) is 29.3. The molecule has 0 radical (unpaired) electrons. The number of fused-ring (bicyclic) bond motifs is 1. The fourth-order valence-electron chi connectivity index (χ4n) is 8.40. The van der Waals surface area contributed by atoms with Crippen molar-refractivity contribution < 1.29 is 29.2 Å². The molecule has 0 aliphatic heterocycles. The highest BCUT2D eigenvalue weighted by Gasteiger charge is 2.38. The second kappa shape index (κ2) is 12.4.